The maximum absolute atomic E-state index is 13.0. The summed E-state index contributed by atoms with van der Waals surface area (Å²) in [6, 6.07) is 6.10. The summed E-state index contributed by atoms with van der Waals surface area (Å²) >= 11 is 0. The third-order valence-electron chi connectivity index (χ3n) is 2.27. The van der Waals surface area contributed by atoms with Gasteiger partial charge in [-0.25, -0.2) is 4.39 Å². The molecule has 0 spiro atoms. The Morgan fingerprint density at radius 3 is 2.35 bits per heavy atom. The topological polar surface area (TPSA) is 12.9 Å². The molecule has 0 atom stereocenters. The van der Waals surface area contributed by atoms with Crippen molar-refractivity contribution < 1.29 is 17.6 Å². The molecule has 0 unspecified atom stereocenters. The van der Waals surface area contributed by atoms with Gasteiger partial charge in [0.15, 0.2) is 0 Å². The lowest BCUT2D eigenvalue weighted by Gasteiger charge is -2.09. The van der Waals surface area contributed by atoms with Crippen molar-refractivity contribution in [2.45, 2.75) is 6.18 Å². The molecule has 0 saturated carbocycles. The fourth-order valence-electron chi connectivity index (χ4n) is 1.46. The highest BCUT2D eigenvalue weighted by Crippen LogP contribution is 2.33. The van der Waals surface area contributed by atoms with Crippen LogP contribution < -0.4 is 0 Å². The number of aromatic nitrogens is 1. The Morgan fingerprint density at radius 2 is 1.76 bits per heavy atom. The van der Waals surface area contributed by atoms with Crippen molar-refractivity contribution in [3.05, 3.63) is 54.1 Å². The quantitative estimate of drug-likeness (QED) is 0.690. The Hall–Kier alpha value is -1.91. The molecule has 0 bridgehead atoms. The SMILES string of the molecule is Fc1ccc(-c2cccnc2)cc1C(F)(F)F. The first-order valence-electron chi connectivity index (χ1n) is 4.75. The molecular weight excluding hydrogens is 234 g/mol. The average Bonchev–Trinajstić information content (AvgIpc) is 2.29. The van der Waals surface area contributed by atoms with E-state index in [1.165, 1.54) is 18.5 Å². The number of hydrogen-bond acceptors (Lipinski definition) is 1. The van der Waals surface area contributed by atoms with Crippen molar-refractivity contribution in [1.82, 2.24) is 4.98 Å². The second-order valence-corrected chi connectivity index (χ2v) is 3.43. The van der Waals surface area contributed by atoms with Crippen LogP contribution in [-0.4, -0.2) is 4.98 Å². The fraction of sp³-hybridized carbons (Fsp3) is 0.0833. The number of nitrogens with zero attached hydrogens (tertiary/aromatic N) is 1. The fourth-order valence-corrected chi connectivity index (χ4v) is 1.46. The normalized spacial score (nSPS) is 11.5. The van der Waals surface area contributed by atoms with Crippen LogP contribution in [0.3, 0.4) is 0 Å². The third kappa shape index (κ3) is 2.43. The van der Waals surface area contributed by atoms with Crippen molar-refractivity contribution in [2.75, 3.05) is 0 Å². The minimum atomic E-state index is -4.69. The Labute approximate surface area is 94.7 Å². The minimum absolute atomic E-state index is 0.284. The molecule has 1 aromatic heterocycles. The van der Waals surface area contributed by atoms with E-state index < -0.39 is 17.6 Å². The highest BCUT2D eigenvalue weighted by atomic mass is 19.4. The summed E-state index contributed by atoms with van der Waals surface area (Å²) < 4.78 is 50.5. The molecule has 2 aromatic rings. The van der Waals surface area contributed by atoms with Crippen molar-refractivity contribution in [3.63, 3.8) is 0 Å². The van der Waals surface area contributed by atoms with Crippen LogP contribution in [0.1, 0.15) is 5.56 Å². The molecule has 0 aliphatic carbocycles. The number of benzene rings is 1. The number of rotatable bonds is 1. The molecule has 1 aromatic carbocycles. The summed E-state index contributed by atoms with van der Waals surface area (Å²) in [6.07, 6.45) is -1.76. The van der Waals surface area contributed by atoms with Crippen LogP contribution in [0.5, 0.6) is 0 Å². The van der Waals surface area contributed by atoms with E-state index in [0.717, 1.165) is 12.1 Å². The molecule has 5 heteroatoms. The van der Waals surface area contributed by atoms with Crippen LogP contribution in [0.25, 0.3) is 11.1 Å². The molecule has 2 rings (SSSR count). The van der Waals surface area contributed by atoms with Crippen LogP contribution in [0.2, 0.25) is 0 Å². The summed E-state index contributed by atoms with van der Waals surface area (Å²) in [4.78, 5) is 3.80. The lowest BCUT2D eigenvalue weighted by molar-refractivity contribution is -0.139. The predicted octanol–water partition coefficient (Wildman–Crippen LogP) is 3.91. The van der Waals surface area contributed by atoms with Gasteiger partial charge in [-0.1, -0.05) is 12.1 Å². The maximum atomic E-state index is 13.0. The molecule has 0 aliphatic rings. The van der Waals surface area contributed by atoms with Crippen LogP contribution in [0, 0.1) is 5.82 Å². The van der Waals surface area contributed by atoms with Gasteiger partial charge >= 0.3 is 6.18 Å². The molecule has 0 amide bonds. The van der Waals surface area contributed by atoms with Crippen LogP contribution in [-0.2, 0) is 6.18 Å². The highest BCUT2D eigenvalue weighted by molar-refractivity contribution is 5.63. The van der Waals surface area contributed by atoms with Crippen LogP contribution in [0.4, 0.5) is 17.6 Å². The molecule has 88 valence electrons. The van der Waals surface area contributed by atoms with Crippen molar-refractivity contribution in [1.29, 1.82) is 0 Å². The van der Waals surface area contributed by atoms with Crippen molar-refractivity contribution in [2.24, 2.45) is 0 Å². The van der Waals surface area contributed by atoms with E-state index in [9.17, 15) is 17.6 Å². The van der Waals surface area contributed by atoms with E-state index in [0.29, 0.717) is 5.56 Å². The second kappa shape index (κ2) is 4.16. The van der Waals surface area contributed by atoms with Gasteiger partial charge in [0.2, 0.25) is 0 Å². The molecule has 0 aliphatic heterocycles. The Morgan fingerprint density at radius 1 is 1.00 bits per heavy atom. The molecule has 0 saturated heterocycles. The molecule has 1 heterocycles. The average molecular weight is 241 g/mol. The zero-order valence-corrected chi connectivity index (χ0v) is 8.50. The maximum Gasteiger partial charge on any atom is 0.419 e. The van der Waals surface area contributed by atoms with E-state index in [2.05, 4.69) is 4.98 Å². The molecule has 1 nitrogen and oxygen atoms in total. The lowest BCUT2D eigenvalue weighted by Crippen LogP contribution is -2.08. The molecular formula is C12H7F4N. The Bertz CT molecular complexity index is 520. The highest BCUT2D eigenvalue weighted by Gasteiger charge is 2.34. The third-order valence-corrected chi connectivity index (χ3v) is 2.27. The van der Waals surface area contributed by atoms with Crippen LogP contribution >= 0.6 is 0 Å². The minimum Gasteiger partial charge on any atom is -0.264 e. The summed E-state index contributed by atoms with van der Waals surface area (Å²) in [5.41, 5.74) is -0.469. The van der Waals surface area contributed by atoms with E-state index in [1.807, 2.05) is 0 Å². The molecule has 0 N–H and O–H groups in total. The van der Waals surface area contributed by atoms with E-state index in [4.69, 9.17) is 0 Å². The summed E-state index contributed by atoms with van der Waals surface area (Å²) in [7, 11) is 0. The van der Waals surface area contributed by atoms with Gasteiger partial charge in [-0.3, -0.25) is 4.98 Å². The van der Waals surface area contributed by atoms with Gasteiger partial charge in [0.25, 0.3) is 0 Å². The Balaban J connectivity index is 2.53. The number of alkyl halides is 3. The number of pyridine rings is 1. The standard InChI is InChI=1S/C12H7F4N/c13-11-4-3-8(6-10(11)12(14,15)16)9-2-1-5-17-7-9/h1-7H. The van der Waals surface area contributed by atoms with Crippen molar-refractivity contribution >= 4 is 0 Å². The molecule has 17 heavy (non-hydrogen) atoms. The van der Waals surface area contributed by atoms with Gasteiger partial charge in [-0.2, -0.15) is 13.2 Å². The summed E-state index contributed by atoms with van der Waals surface area (Å²) in [5, 5.41) is 0. The van der Waals surface area contributed by atoms with E-state index in [1.54, 1.807) is 12.1 Å². The first-order chi connectivity index (χ1) is 7.98. The molecule has 0 fully saturated rings. The van der Waals surface area contributed by atoms with Crippen LogP contribution in [0.15, 0.2) is 42.7 Å². The summed E-state index contributed by atoms with van der Waals surface area (Å²) in [6.45, 7) is 0. The van der Waals surface area contributed by atoms with Crippen molar-refractivity contribution in [3.8, 4) is 11.1 Å². The second-order valence-electron chi connectivity index (χ2n) is 3.43. The van der Waals surface area contributed by atoms with E-state index in [-0.39, 0.29) is 5.56 Å². The predicted molar refractivity (Wildman–Crippen MR) is 54.6 cm³/mol. The molecule has 0 radical (unpaired) electrons. The smallest absolute Gasteiger partial charge is 0.264 e. The van der Waals surface area contributed by atoms with Gasteiger partial charge < -0.3 is 0 Å². The van der Waals surface area contributed by atoms with Gasteiger partial charge in [0, 0.05) is 18.0 Å². The number of halogens is 4. The lowest BCUT2D eigenvalue weighted by atomic mass is 10.0. The largest absolute Gasteiger partial charge is 0.419 e. The van der Waals surface area contributed by atoms with Gasteiger partial charge in [-0.15, -0.1) is 0 Å². The zero-order valence-electron chi connectivity index (χ0n) is 8.50. The van der Waals surface area contributed by atoms with Gasteiger partial charge in [0.1, 0.15) is 5.82 Å². The first kappa shape index (κ1) is 11.6. The first-order valence-corrected chi connectivity index (χ1v) is 4.75. The van der Waals surface area contributed by atoms with Gasteiger partial charge in [-0.05, 0) is 23.8 Å². The van der Waals surface area contributed by atoms with E-state index >= 15 is 0 Å². The summed E-state index contributed by atoms with van der Waals surface area (Å²) in [5.74, 6) is -1.27. The van der Waals surface area contributed by atoms with Gasteiger partial charge in [0.05, 0.1) is 5.56 Å². The zero-order chi connectivity index (χ0) is 12.5. The monoisotopic (exact) mass is 241 g/mol. The Kier molecular flexibility index (Phi) is 2.83. The number of hydrogen-bond donors (Lipinski definition) is 0.